The van der Waals surface area contributed by atoms with E-state index in [-0.39, 0.29) is 5.56 Å². The molecule has 0 radical (unpaired) electrons. The molecule has 0 amide bonds. The number of halogens is 3. The minimum atomic E-state index is -1.34. The van der Waals surface area contributed by atoms with E-state index in [1.54, 1.807) is 24.3 Å². The summed E-state index contributed by atoms with van der Waals surface area (Å²) >= 11 is 6.53. The van der Waals surface area contributed by atoms with Gasteiger partial charge >= 0.3 is 0 Å². The topological polar surface area (TPSA) is 20.2 Å². The van der Waals surface area contributed by atoms with Crippen LogP contribution in [0.4, 0.5) is 4.39 Å². The van der Waals surface area contributed by atoms with Crippen LogP contribution in [0.1, 0.15) is 24.5 Å². The van der Waals surface area contributed by atoms with Gasteiger partial charge in [0.25, 0.3) is 0 Å². The van der Waals surface area contributed by atoms with Crippen molar-refractivity contribution in [2.75, 3.05) is 0 Å². The molecule has 0 aliphatic rings. The van der Waals surface area contributed by atoms with Gasteiger partial charge in [-0.05, 0) is 46.1 Å². The second kappa shape index (κ2) is 5.73. The molecular formula is C15H13Br2FO. The van der Waals surface area contributed by atoms with Crippen LogP contribution in [-0.4, -0.2) is 5.11 Å². The summed E-state index contributed by atoms with van der Waals surface area (Å²) in [5, 5.41) is 10.9. The zero-order valence-electron chi connectivity index (χ0n) is 10.3. The van der Waals surface area contributed by atoms with E-state index in [9.17, 15) is 9.50 Å². The molecule has 0 bridgehead atoms. The monoisotopic (exact) mass is 386 g/mol. The van der Waals surface area contributed by atoms with Crippen LogP contribution in [0.15, 0.2) is 51.4 Å². The average molecular weight is 388 g/mol. The van der Waals surface area contributed by atoms with Crippen LogP contribution in [0.3, 0.4) is 0 Å². The molecule has 4 heteroatoms. The molecule has 0 spiro atoms. The third-order valence-electron chi connectivity index (χ3n) is 3.21. The van der Waals surface area contributed by atoms with E-state index in [0.29, 0.717) is 16.5 Å². The molecule has 2 aromatic carbocycles. The molecule has 0 saturated heterocycles. The van der Waals surface area contributed by atoms with Crippen LogP contribution in [0, 0.1) is 5.82 Å². The molecule has 19 heavy (non-hydrogen) atoms. The molecular weight excluding hydrogens is 375 g/mol. The molecule has 2 aromatic rings. The lowest BCUT2D eigenvalue weighted by atomic mass is 9.84. The van der Waals surface area contributed by atoms with Gasteiger partial charge in [-0.1, -0.05) is 47.1 Å². The van der Waals surface area contributed by atoms with Gasteiger partial charge in [-0.15, -0.1) is 0 Å². The van der Waals surface area contributed by atoms with E-state index in [1.807, 2.05) is 25.1 Å². The van der Waals surface area contributed by atoms with E-state index in [2.05, 4.69) is 31.9 Å². The van der Waals surface area contributed by atoms with Crippen LogP contribution < -0.4 is 0 Å². The van der Waals surface area contributed by atoms with E-state index in [1.165, 1.54) is 0 Å². The van der Waals surface area contributed by atoms with Gasteiger partial charge < -0.3 is 5.11 Å². The summed E-state index contributed by atoms with van der Waals surface area (Å²) in [4.78, 5) is 0. The molecule has 1 atom stereocenters. The fourth-order valence-corrected chi connectivity index (χ4v) is 2.88. The fraction of sp³-hybridized carbons (Fsp3) is 0.200. The van der Waals surface area contributed by atoms with Crippen LogP contribution in [-0.2, 0) is 5.60 Å². The van der Waals surface area contributed by atoms with Crippen molar-refractivity contribution in [3.63, 3.8) is 0 Å². The Morgan fingerprint density at radius 1 is 1.16 bits per heavy atom. The van der Waals surface area contributed by atoms with Gasteiger partial charge in [0.05, 0.1) is 4.47 Å². The predicted octanol–water partition coefficient (Wildman–Crippen LogP) is 5.00. The molecule has 0 aliphatic carbocycles. The van der Waals surface area contributed by atoms with Crippen LogP contribution in [0.5, 0.6) is 0 Å². The molecule has 1 N–H and O–H groups in total. The molecule has 0 aromatic heterocycles. The molecule has 100 valence electrons. The van der Waals surface area contributed by atoms with Crippen molar-refractivity contribution >= 4 is 31.9 Å². The molecule has 2 rings (SSSR count). The molecule has 0 heterocycles. The Morgan fingerprint density at radius 3 is 2.47 bits per heavy atom. The van der Waals surface area contributed by atoms with E-state index in [0.717, 1.165) is 4.47 Å². The zero-order valence-corrected chi connectivity index (χ0v) is 13.5. The first-order chi connectivity index (χ1) is 8.99. The smallest absolute Gasteiger partial charge is 0.143 e. The lowest BCUT2D eigenvalue weighted by Gasteiger charge is -2.29. The first-order valence-electron chi connectivity index (χ1n) is 5.92. The Bertz CT molecular complexity index is 600. The highest BCUT2D eigenvalue weighted by Crippen LogP contribution is 2.37. The molecule has 1 nitrogen and oxygen atoms in total. The highest BCUT2D eigenvalue weighted by atomic mass is 79.9. The Labute approximate surface area is 128 Å². The van der Waals surface area contributed by atoms with E-state index < -0.39 is 11.4 Å². The average Bonchev–Trinajstić information content (AvgIpc) is 2.41. The SMILES string of the molecule is CCC(O)(c1cccc(Br)c1)c1cccc(Br)c1F. The Morgan fingerprint density at radius 2 is 1.84 bits per heavy atom. The van der Waals surface area contributed by atoms with Gasteiger partial charge in [0.1, 0.15) is 11.4 Å². The summed E-state index contributed by atoms with van der Waals surface area (Å²) in [6.45, 7) is 1.83. The first-order valence-corrected chi connectivity index (χ1v) is 7.50. The summed E-state index contributed by atoms with van der Waals surface area (Å²) < 4.78 is 15.5. The Kier molecular flexibility index (Phi) is 4.43. The van der Waals surface area contributed by atoms with Crippen LogP contribution in [0.25, 0.3) is 0 Å². The maximum atomic E-state index is 14.3. The first kappa shape index (κ1) is 14.7. The summed E-state index contributed by atoms with van der Waals surface area (Å²) in [5.74, 6) is -0.424. The van der Waals surface area contributed by atoms with Crippen molar-refractivity contribution in [3.05, 3.63) is 68.4 Å². The minimum absolute atomic E-state index is 0.280. The summed E-state index contributed by atoms with van der Waals surface area (Å²) in [7, 11) is 0. The normalized spacial score (nSPS) is 14.2. The van der Waals surface area contributed by atoms with E-state index in [4.69, 9.17) is 0 Å². The lowest BCUT2D eigenvalue weighted by Crippen LogP contribution is -2.27. The summed E-state index contributed by atoms with van der Waals surface area (Å²) in [6, 6.07) is 12.3. The van der Waals surface area contributed by atoms with Crippen molar-refractivity contribution in [1.82, 2.24) is 0 Å². The van der Waals surface area contributed by atoms with Crippen LogP contribution in [0.2, 0.25) is 0 Å². The van der Waals surface area contributed by atoms with Crippen LogP contribution >= 0.6 is 31.9 Å². The van der Waals surface area contributed by atoms with Gasteiger partial charge in [-0.25, -0.2) is 4.39 Å². The minimum Gasteiger partial charge on any atom is -0.380 e. The van der Waals surface area contributed by atoms with Crippen molar-refractivity contribution in [2.45, 2.75) is 18.9 Å². The maximum absolute atomic E-state index is 14.3. The highest BCUT2D eigenvalue weighted by molar-refractivity contribution is 9.10. The maximum Gasteiger partial charge on any atom is 0.143 e. The molecule has 0 fully saturated rings. The Hall–Kier alpha value is -0.710. The predicted molar refractivity (Wildman–Crippen MR) is 81.5 cm³/mol. The number of rotatable bonds is 3. The molecule has 0 saturated carbocycles. The quantitative estimate of drug-likeness (QED) is 0.785. The number of hydrogen-bond donors (Lipinski definition) is 1. The van der Waals surface area contributed by atoms with Gasteiger partial charge in [0, 0.05) is 10.0 Å². The second-order valence-electron chi connectivity index (χ2n) is 4.33. The van der Waals surface area contributed by atoms with Crippen molar-refractivity contribution < 1.29 is 9.50 Å². The molecule has 0 aliphatic heterocycles. The molecule has 1 unspecified atom stereocenters. The largest absolute Gasteiger partial charge is 0.380 e. The lowest BCUT2D eigenvalue weighted by molar-refractivity contribution is 0.0724. The zero-order chi connectivity index (χ0) is 14.0. The van der Waals surface area contributed by atoms with Gasteiger partial charge in [-0.2, -0.15) is 0 Å². The fourth-order valence-electron chi connectivity index (χ4n) is 2.12. The second-order valence-corrected chi connectivity index (χ2v) is 6.10. The standard InChI is InChI=1S/C15H13Br2FO/c1-2-15(19,10-5-3-6-11(16)9-10)12-7-4-8-13(17)14(12)18/h3-9,19H,2H2,1H3. The van der Waals surface area contributed by atoms with Gasteiger partial charge in [0.2, 0.25) is 0 Å². The van der Waals surface area contributed by atoms with Gasteiger partial charge in [-0.3, -0.25) is 0 Å². The van der Waals surface area contributed by atoms with Crippen molar-refractivity contribution in [2.24, 2.45) is 0 Å². The Balaban J connectivity index is 2.63. The van der Waals surface area contributed by atoms with E-state index >= 15 is 0 Å². The number of hydrogen-bond acceptors (Lipinski definition) is 1. The van der Waals surface area contributed by atoms with Crippen molar-refractivity contribution in [1.29, 1.82) is 0 Å². The number of benzene rings is 2. The number of aliphatic hydroxyl groups is 1. The highest BCUT2D eigenvalue weighted by Gasteiger charge is 2.33. The third kappa shape index (κ3) is 2.76. The third-order valence-corrected chi connectivity index (χ3v) is 4.32. The van der Waals surface area contributed by atoms with Gasteiger partial charge in [0.15, 0.2) is 0 Å². The van der Waals surface area contributed by atoms with Crippen molar-refractivity contribution in [3.8, 4) is 0 Å². The summed E-state index contributed by atoms with van der Waals surface area (Å²) in [5.41, 5.74) is -0.388. The summed E-state index contributed by atoms with van der Waals surface area (Å²) in [6.07, 6.45) is 0.386.